The highest BCUT2D eigenvalue weighted by molar-refractivity contribution is 5.76. The maximum Gasteiger partial charge on any atom is 0.277 e. The molecule has 130 valence electrons. The Balaban J connectivity index is 1.62. The molecule has 1 aromatic heterocycles. The van der Waals surface area contributed by atoms with Crippen molar-refractivity contribution in [1.82, 2.24) is 15.0 Å². The van der Waals surface area contributed by atoms with Gasteiger partial charge in [-0.1, -0.05) is 17.3 Å². The molecular formula is C18H19N3O4. The van der Waals surface area contributed by atoms with Gasteiger partial charge in [0.1, 0.15) is 29.7 Å². The number of benzene rings is 2. The molecule has 1 heterocycles. The molecule has 7 heteroatoms. The molecule has 25 heavy (non-hydrogen) atoms. The number of nitrogens with zero attached hydrogens (tertiary/aromatic N) is 3. The standard InChI is InChI=1S/C18H19N3O4/c1-2-24-14-7-9-15(10-8-14)25-12-13(22)11-21-18(23)16-5-3-4-6-17(16)19-20-21/h3-10,13,22H,2,11-12H2,1H3/t13-/m0/s1. The second-order valence-corrected chi connectivity index (χ2v) is 5.46. The zero-order valence-corrected chi connectivity index (χ0v) is 13.8. The minimum Gasteiger partial charge on any atom is -0.494 e. The summed E-state index contributed by atoms with van der Waals surface area (Å²) < 4.78 is 12.0. The molecule has 0 unspecified atom stereocenters. The first-order valence-corrected chi connectivity index (χ1v) is 8.03. The largest absolute Gasteiger partial charge is 0.494 e. The van der Waals surface area contributed by atoms with Crippen molar-refractivity contribution < 1.29 is 14.6 Å². The van der Waals surface area contributed by atoms with E-state index in [0.717, 1.165) is 10.4 Å². The Morgan fingerprint density at radius 2 is 1.76 bits per heavy atom. The molecule has 7 nitrogen and oxygen atoms in total. The molecule has 1 atom stereocenters. The topological polar surface area (TPSA) is 86.5 Å². The van der Waals surface area contributed by atoms with Crippen molar-refractivity contribution in [3.05, 3.63) is 58.9 Å². The van der Waals surface area contributed by atoms with Gasteiger partial charge in [-0.2, -0.15) is 0 Å². The Labute approximate surface area is 144 Å². The van der Waals surface area contributed by atoms with Gasteiger partial charge in [-0.25, -0.2) is 4.68 Å². The highest BCUT2D eigenvalue weighted by Crippen LogP contribution is 2.17. The lowest BCUT2D eigenvalue weighted by molar-refractivity contribution is 0.0873. The monoisotopic (exact) mass is 341 g/mol. The third kappa shape index (κ3) is 4.13. The van der Waals surface area contributed by atoms with Gasteiger partial charge >= 0.3 is 0 Å². The van der Waals surface area contributed by atoms with Crippen LogP contribution in [0.3, 0.4) is 0 Å². The van der Waals surface area contributed by atoms with Crippen molar-refractivity contribution in [1.29, 1.82) is 0 Å². The first kappa shape index (κ1) is 16.9. The summed E-state index contributed by atoms with van der Waals surface area (Å²) in [5.74, 6) is 1.37. The molecule has 0 bridgehead atoms. The van der Waals surface area contributed by atoms with Gasteiger partial charge in [-0.15, -0.1) is 5.10 Å². The van der Waals surface area contributed by atoms with Crippen LogP contribution in [0, 0.1) is 0 Å². The molecule has 0 saturated carbocycles. The molecule has 2 aromatic carbocycles. The highest BCUT2D eigenvalue weighted by atomic mass is 16.5. The van der Waals surface area contributed by atoms with Crippen LogP contribution in [0.5, 0.6) is 11.5 Å². The van der Waals surface area contributed by atoms with Crippen LogP contribution in [0.1, 0.15) is 6.92 Å². The van der Waals surface area contributed by atoms with Gasteiger partial charge in [0.05, 0.1) is 18.5 Å². The number of rotatable bonds is 7. The van der Waals surface area contributed by atoms with Crippen molar-refractivity contribution in [2.24, 2.45) is 0 Å². The summed E-state index contributed by atoms with van der Waals surface area (Å²) >= 11 is 0. The summed E-state index contributed by atoms with van der Waals surface area (Å²) in [6.45, 7) is 2.56. The minimum atomic E-state index is -0.889. The molecule has 0 aliphatic heterocycles. The number of hydrogen-bond donors (Lipinski definition) is 1. The average molecular weight is 341 g/mol. The van der Waals surface area contributed by atoms with Crippen LogP contribution in [0.15, 0.2) is 53.3 Å². The number of aromatic nitrogens is 3. The van der Waals surface area contributed by atoms with Crippen molar-refractivity contribution in [2.45, 2.75) is 19.6 Å². The molecule has 0 radical (unpaired) electrons. The summed E-state index contributed by atoms with van der Waals surface area (Å²) in [6.07, 6.45) is -0.889. The van der Waals surface area contributed by atoms with Gasteiger partial charge in [0.15, 0.2) is 0 Å². The zero-order valence-electron chi connectivity index (χ0n) is 13.8. The molecule has 0 aliphatic rings. The van der Waals surface area contributed by atoms with Gasteiger partial charge in [0, 0.05) is 0 Å². The van der Waals surface area contributed by atoms with Crippen LogP contribution in [-0.2, 0) is 6.54 Å². The quantitative estimate of drug-likeness (QED) is 0.703. The Morgan fingerprint density at radius 1 is 1.08 bits per heavy atom. The molecule has 0 amide bonds. The first-order valence-electron chi connectivity index (χ1n) is 8.03. The Bertz CT molecular complexity index is 893. The summed E-state index contributed by atoms with van der Waals surface area (Å²) in [5, 5.41) is 18.4. The lowest BCUT2D eigenvalue weighted by Crippen LogP contribution is -2.32. The predicted molar refractivity (Wildman–Crippen MR) is 92.9 cm³/mol. The number of hydrogen-bond acceptors (Lipinski definition) is 6. The summed E-state index contributed by atoms with van der Waals surface area (Å²) in [7, 11) is 0. The number of aliphatic hydroxyl groups is 1. The first-order chi connectivity index (χ1) is 12.2. The van der Waals surface area contributed by atoms with Gasteiger partial charge in [0.2, 0.25) is 0 Å². The fourth-order valence-corrected chi connectivity index (χ4v) is 2.39. The maximum atomic E-state index is 12.3. The van der Waals surface area contributed by atoms with E-state index in [-0.39, 0.29) is 18.7 Å². The van der Waals surface area contributed by atoms with Crippen LogP contribution < -0.4 is 15.0 Å². The lowest BCUT2D eigenvalue weighted by Gasteiger charge is -2.13. The number of aliphatic hydroxyl groups excluding tert-OH is 1. The fourth-order valence-electron chi connectivity index (χ4n) is 2.39. The van der Waals surface area contributed by atoms with Gasteiger partial charge in [-0.05, 0) is 43.3 Å². The van der Waals surface area contributed by atoms with Crippen LogP contribution in [0.2, 0.25) is 0 Å². The fraction of sp³-hybridized carbons (Fsp3) is 0.278. The normalized spacial score (nSPS) is 12.1. The van der Waals surface area contributed by atoms with Crippen LogP contribution in [0.25, 0.3) is 10.9 Å². The summed E-state index contributed by atoms with van der Waals surface area (Å²) in [4.78, 5) is 12.3. The summed E-state index contributed by atoms with van der Waals surface area (Å²) in [5.41, 5.74) is 0.245. The summed E-state index contributed by atoms with van der Waals surface area (Å²) in [6, 6.07) is 14.1. The second kappa shape index (κ2) is 7.76. The molecule has 3 aromatic rings. The van der Waals surface area contributed by atoms with E-state index in [9.17, 15) is 9.90 Å². The van der Waals surface area contributed by atoms with E-state index in [2.05, 4.69) is 10.3 Å². The van der Waals surface area contributed by atoms with Gasteiger partial charge in [-0.3, -0.25) is 4.79 Å². The Kier molecular flexibility index (Phi) is 5.25. The molecule has 3 rings (SSSR count). The zero-order chi connectivity index (χ0) is 17.6. The Hall–Kier alpha value is -2.93. The highest BCUT2D eigenvalue weighted by Gasteiger charge is 2.11. The molecule has 0 saturated heterocycles. The SMILES string of the molecule is CCOc1ccc(OC[C@@H](O)Cn2nnc3ccccc3c2=O)cc1. The third-order valence-corrected chi connectivity index (χ3v) is 3.59. The predicted octanol–water partition coefficient (Wildman–Crippen LogP) is 1.63. The van der Waals surface area contributed by atoms with Crippen molar-refractivity contribution in [3.8, 4) is 11.5 Å². The number of fused-ring (bicyclic) bond motifs is 1. The third-order valence-electron chi connectivity index (χ3n) is 3.59. The van der Waals surface area contributed by atoms with Crippen LogP contribution in [0.4, 0.5) is 0 Å². The lowest BCUT2D eigenvalue weighted by atomic mass is 10.2. The van der Waals surface area contributed by atoms with E-state index < -0.39 is 6.10 Å². The Morgan fingerprint density at radius 3 is 2.48 bits per heavy atom. The van der Waals surface area contributed by atoms with E-state index in [1.54, 1.807) is 48.5 Å². The van der Waals surface area contributed by atoms with E-state index >= 15 is 0 Å². The van der Waals surface area contributed by atoms with E-state index in [4.69, 9.17) is 9.47 Å². The molecule has 0 aliphatic carbocycles. The second-order valence-electron chi connectivity index (χ2n) is 5.46. The molecule has 0 spiro atoms. The minimum absolute atomic E-state index is 0.00764. The molecule has 1 N–H and O–H groups in total. The van der Waals surface area contributed by atoms with Gasteiger partial charge < -0.3 is 14.6 Å². The van der Waals surface area contributed by atoms with Crippen LogP contribution in [-0.4, -0.2) is 39.4 Å². The number of ether oxygens (including phenoxy) is 2. The van der Waals surface area contributed by atoms with Gasteiger partial charge in [0.25, 0.3) is 5.56 Å². The average Bonchev–Trinajstić information content (AvgIpc) is 2.64. The smallest absolute Gasteiger partial charge is 0.277 e. The van der Waals surface area contributed by atoms with Crippen molar-refractivity contribution >= 4 is 10.9 Å². The molecular weight excluding hydrogens is 322 g/mol. The van der Waals surface area contributed by atoms with Crippen molar-refractivity contribution in [3.63, 3.8) is 0 Å². The molecule has 0 fully saturated rings. The van der Waals surface area contributed by atoms with E-state index in [1.807, 2.05) is 6.92 Å². The van der Waals surface area contributed by atoms with E-state index in [0.29, 0.717) is 23.3 Å². The van der Waals surface area contributed by atoms with Crippen molar-refractivity contribution in [2.75, 3.05) is 13.2 Å². The van der Waals surface area contributed by atoms with Crippen LogP contribution >= 0.6 is 0 Å². The van der Waals surface area contributed by atoms with E-state index in [1.165, 1.54) is 0 Å². The maximum absolute atomic E-state index is 12.3.